The zero-order chi connectivity index (χ0) is 13.4. The summed E-state index contributed by atoms with van der Waals surface area (Å²) < 4.78 is 13.4. The zero-order valence-corrected chi connectivity index (χ0v) is 11.4. The number of benzene rings is 1. The number of rotatable bonds is 2. The van der Waals surface area contributed by atoms with Crippen molar-refractivity contribution in [2.24, 2.45) is 0 Å². The van der Waals surface area contributed by atoms with Crippen molar-refractivity contribution in [1.29, 1.82) is 0 Å². The molecular formula is C14H12FN3S. The van der Waals surface area contributed by atoms with E-state index < -0.39 is 0 Å². The fraction of sp³-hybridized carbons (Fsp3) is 0.143. The summed E-state index contributed by atoms with van der Waals surface area (Å²) in [5, 5.41) is 6.03. The third-order valence-electron chi connectivity index (χ3n) is 3.00. The van der Waals surface area contributed by atoms with Crippen LogP contribution < -0.4 is 5.32 Å². The van der Waals surface area contributed by atoms with Gasteiger partial charge in [-0.15, -0.1) is 11.3 Å². The van der Waals surface area contributed by atoms with E-state index in [2.05, 4.69) is 15.3 Å². The lowest BCUT2D eigenvalue weighted by Crippen LogP contribution is -1.98. The Kier molecular flexibility index (Phi) is 2.91. The molecule has 0 saturated heterocycles. The van der Waals surface area contributed by atoms with Crippen LogP contribution in [0.4, 0.5) is 10.2 Å². The number of aromatic nitrogens is 2. The van der Waals surface area contributed by atoms with Crippen LogP contribution in [0.15, 0.2) is 29.6 Å². The van der Waals surface area contributed by atoms with Crippen molar-refractivity contribution in [3.05, 3.63) is 41.0 Å². The molecule has 96 valence electrons. The number of aryl methyl sites for hydroxylation is 1. The first-order valence-electron chi connectivity index (χ1n) is 5.88. The van der Waals surface area contributed by atoms with Gasteiger partial charge in [0.05, 0.1) is 5.39 Å². The molecule has 0 radical (unpaired) electrons. The molecule has 3 rings (SSSR count). The van der Waals surface area contributed by atoms with Crippen LogP contribution in [0.5, 0.6) is 0 Å². The summed E-state index contributed by atoms with van der Waals surface area (Å²) >= 11 is 1.55. The highest BCUT2D eigenvalue weighted by Crippen LogP contribution is 2.29. The van der Waals surface area contributed by atoms with Crippen molar-refractivity contribution in [2.75, 3.05) is 12.4 Å². The van der Waals surface area contributed by atoms with E-state index in [1.807, 2.05) is 25.4 Å². The zero-order valence-electron chi connectivity index (χ0n) is 10.6. The Bertz CT molecular complexity index is 752. The molecule has 2 aromatic heterocycles. The molecule has 0 aliphatic rings. The summed E-state index contributed by atoms with van der Waals surface area (Å²) in [5.41, 5.74) is 1.69. The first-order chi connectivity index (χ1) is 9.19. The summed E-state index contributed by atoms with van der Waals surface area (Å²) in [6.07, 6.45) is 0. The number of hydrogen-bond acceptors (Lipinski definition) is 4. The average molecular weight is 273 g/mol. The molecule has 0 fully saturated rings. The summed E-state index contributed by atoms with van der Waals surface area (Å²) in [5.74, 6) is 1.04. The molecule has 1 N–H and O–H groups in total. The topological polar surface area (TPSA) is 37.8 Å². The Labute approximate surface area is 114 Å². The molecular weight excluding hydrogens is 261 g/mol. The molecule has 0 atom stereocenters. The van der Waals surface area contributed by atoms with Gasteiger partial charge in [-0.25, -0.2) is 14.4 Å². The minimum absolute atomic E-state index is 0.276. The van der Waals surface area contributed by atoms with E-state index in [0.29, 0.717) is 5.82 Å². The van der Waals surface area contributed by atoms with Gasteiger partial charge < -0.3 is 5.32 Å². The number of nitrogens with zero attached hydrogens (tertiary/aromatic N) is 2. The Morgan fingerprint density at radius 3 is 2.84 bits per heavy atom. The van der Waals surface area contributed by atoms with E-state index in [9.17, 15) is 4.39 Å². The van der Waals surface area contributed by atoms with E-state index in [-0.39, 0.29) is 5.82 Å². The molecule has 0 aliphatic heterocycles. The molecule has 1 aromatic carbocycles. The molecule has 0 saturated carbocycles. The largest absolute Gasteiger partial charge is 0.372 e. The smallest absolute Gasteiger partial charge is 0.163 e. The maximum atomic E-state index is 13.4. The third-order valence-corrected chi connectivity index (χ3v) is 3.81. The molecule has 0 bridgehead atoms. The van der Waals surface area contributed by atoms with Gasteiger partial charge in [0.15, 0.2) is 5.82 Å². The van der Waals surface area contributed by atoms with Gasteiger partial charge in [0.2, 0.25) is 0 Å². The Balaban J connectivity index is 2.27. The maximum Gasteiger partial charge on any atom is 0.163 e. The van der Waals surface area contributed by atoms with Crippen molar-refractivity contribution in [2.45, 2.75) is 6.92 Å². The number of thiophene rings is 1. The van der Waals surface area contributed by atoms with E-state index in [1.54, 1.807) is 17.4 Å². The Morgan fingerprint density at radius 2 is 2.05 bits per heavy atom. The van der Waals surface area contributed by atoms with Gasteiger partial charge in [-0.3, -0.25) is 0 Å². The van der Waals surface area contributed by atoms with Crippen molar-refractivity contribution >= 4 is 27.4 Å². The lowest BCUT2D eigenvalue weighted by atomic mass is 10.1. The molecule has 0 aliphatic carbocycles. The molecule has 2 heterocycles. The standard InChI is InChI=1S/C14H12FN3S/c1-8-3-4-9(15)7-11(8)13-17-12(16-2)10-5-6-19-14(10)18-13/h3-7H,1-2H3,(H,16,17,18). The lowest BCUT2D eigenvalue weighted by molar-refractivity contribution is 0.628. The van der Waals surface area contributed by atoms with Crippen LogP contribution in [-0.4, -0.2) is 17.0 Å². The van der Waals surface area contributed by atoms with Gasteiger partial charge in [-0.1, -0.05) is 6.07 Å². The number of halogens is 1. The minimum atomic E-state index is -0.276. The molecule has 3 nitrogen and oxygen atoms in total. The Hall–Kier alpha value is -2.01. The summed E-state index contributed by atoms with van der Waals surface area (Å²) in [6.45, 7) is 1.93. The van der Waals surface area contributed by atoms with Crippen molar-refractivity contribution in [3.8, 4) is 11.4 Å². The minimum Gasteiger partial charge on any atom is -0.372 e. The molecule has 5 heteroatoms. The van der Waals surface area contributed by atoms with Crippen LogP contribution in [-0.2, 0) is 0 Å². The van der Waals surface area contributed by atoms with Crippen LogP contribution in [0.3, 0.4) is 0 Å². The van der Waals surface area contributed by atoms with Gasteiger partial charge in [0, 0.05) is 12.6 Å². The first-order valence-corrected chi connectivity index (χ1v) is 6.76. The van der Waals surface area contributed by atoms with Crippen LogP contribution in [0.2, 0.25) is 0 Å². The SMILES string of the molecule is CNc1nc(-c2cc(F)ccc2C)nc2sccc12. The fourth-order valence-corrected chi connectivity index (χ4v) is 2.77. The van der Waals surface area contributed by atoms with E-state index >= 15 is 0 Å². The van der Waals surface area contributed by atoms with Crippen molar-refractivity contribution in [3.63, 3.8) is 0 Å². The molecule has 19 heavy (non-hydrogen) atoms. The van der Waals surface area contributed by atoms with Crippen LogP contribution in [0.1, 0.15) is 5.56 Å². The van der Waals surface area contributed by atoms with E-state index in [0.717, 1.165) is 27.2 Å². The van der Waals surface area contributed by atoms with Gasteiger partial charge in [-0.2, -0.15) is 0 Å². The van der Waals surface area contributed by atoms with E-state index in [1.165, 1.54) is 12.1 Å². The normalized spacial score (nSPS) is 10.9. The average Bonchev–Trinajstić information content (AvgIpc) is 2.88. The lowest BCUT2D eigenvalue weighted by Gasteiger charge is -2.08. The van der Waals surface area contributed by atoms with Crippen molar-refractivity contribution < 1.29 is 4.39 Å². The monoisotopic (exact) mass is 273 g/mol. The highest BCUT2D eigenvalue weighted by molar-refractivity contribution is 7.16. The highest BCUT2D eigenvalue weighted by atomic mass is 32.1. The van der Waals surface area contributed by atoms with Gasteiger partial charge in [-0.05, 0) is 36.1 Å². The van der Waals surface area contributed by atoms with Crippen LogP contribution >= 0.6 is 11.3 Å². The van der Waals surface area contributed by atoms with E-state index in [4.69, 9.17) is 0 Å². The second-order valence-corrected chi connectivity index (χ2v) is 5.14. The van der Waals surface area contributed by atoms with Crippen molar-refractivity contribution in [1.82, 2.24) is 9.97 Å². The second kappa shape index (κ2) is 4.59. The quantitative estimate of drug-likeness (QED) is 0.770. The maximum absolute atomic E-state index is 13.4. The van der Waals surface area contributed by atoms with Crippen LogP contribution in [0, 0.1) is 12.7 Å². The number of fused-ring (bicyclic) bond motifs is 1. The number of anilines is 1. The second-order valence-electron chi connectivity index (χ2n) is 4.24. The predicted molar refractivity (Wildman–Crippen MR) is 77.1 cm³/mol. The highest BCUT2D eigenvalue weighted by Gasteiger charge is 2.11. The van der Waals surface area contributed by atoms with Crippen LogP contribution in [0.25, 0.3) is 21.6 Å². The molecule has 0 unspecified atom stereocenters. The number of nitrogens with one attached hydrogen (secondary N) is 1. The first kappa shape index (κ1) is 12.0. The third kappa shape index (κ3) is 2.06. The molecule has 0 spiro atoms. The van der Waals surface area contributed by atoms with Gasteiger partial charge >= 0.3 is 0 Å². The molecule has 0 amide bonds. The predicted octanol–water partition coefficient (Wildman–Crippen LogP) is 3.85. The number of hydrogen-bond donors (Lipinski definition) is 1. The summed E-state index contributed by atoms with van der Waals surface area (Å²) in [7, 11) is 1.82. The summed E-state index contributed by atoms with van der Waals surface area (Å²) in [4.78, 5) is 9.90. The fourth-order valence-electron chi connectivity index (χ4n) is 2.00. The van der Waals surface area contributed by atoms with Gasteiger partial charge in [0.1, 0.15) is 16.5 Å². The Morgan fingerprint density at radius 1 is 1.21 bits per heavy atom. The summed E-state index contributed by atoms with van der Waals surface area (Å²) in [6, 6.07) is 6.64. The molecule has 3 aromatic rings. The van der Waals surface area contributed by atoms with Gasteiger partial charge in [0.25, 0.3) is 0 Å².